The summed E-state index contributed by atoms with van der Waals surface area (Å²) in [4.78, 5) is 10.9. The molecule has 0 bridgehead atoms. The fourth-order valence-electron chi connectivity index (χ4n) is 1.80. The van der Waals surface area contributed by atoms with E-state index in [1.807, 2.05) is 0 Å². The zero-order valence-corrected chi connectivity index (χ0v) is 9.18. The maximum absolute atomic E-state index is 12.0. The van der Waals surface area contributed by atoms with Gasteiger partial charge in [-0.3, -0.25) is 4.79 Å². The molecular formula is C9H11NO5S. The van der Waals surface area contributed by atoms with Gasteiger partial charge in [-0.2, -0.15) is 4.31 Å². The van der Waals surface area contributed by atoms with Gasteiger partial charge in [0.05, 0.1) is 6.26 Å². The van der Waals surface area contributed by atoms with Gasteiger partial charge in [0.25, 0.3) is 10.0 Å². The van der Waals surface area contributed by atoms with Crippen LogP contribution >= 0.6 is 0 Å². The Hall–Kier alpha value is -1.34. The van der Waals surface area contributed by atoms with E-state index in [-0.39, 0.29) is 11.6 Å². The molecule has 0 saturated carbocycles. The summed E-state index contributed by atoms with van der Waals surface area (Å²) in [6.45, 7) is 0.222. The normalized spacial score (nSPS) is 22.4. The average Bonchev–Trinajstić information content (AvgIpc) is 2.89. The van der Waals surface area contributed by atoms with Gasteiger partial charge >= 0.3 is 5.97 Å². The highest BCUT2D eigenvalue weighted by Gasteiger charge is 2.40. The van der Waals surface area contributed by atoms with Gasteiger partial charge in [-0.25, -0.2) is 8.42 Å². The molecule has 2 heterocycles. The highest BCUT2D eigenvalue weighted by Crippen LogP contribution is 2.26. The summed E-state index contributed by atoms with van der Waals surface area (Å²) in [5.74, 6) is -1.12. The minimum atomic E-state index is -3.80. The smallest absolute Gasteiger partial charge is 0.322 e. The molecule has 0 spiro atoms. The fourth-order valence-corrected chi connectivity index (χ4v) is 3.36. The van der Waals surface area contributed by atoms with Crippen LogP contribution in [-0.2, 0) is 14.8 Å². The van der Waals surface area contributed by atoms with Crippen molar-refractivity contribution < 1.29 is 22.7 Å². The topological polar surface area (TPSA) is 87.8 Å². The molecule has 2 rings (SSSR count). The zero-order valence-electron chi connectivity index (χ0n) is 8.37. The van der Waals surface area contributed by atoms with Gasteiger partial charge in [-0.15, -0.1) is 0 Å². The largest absolute Gasteiger partial charge is 0.480 e. The Labute approximate surface area is 92.5 Å². The van der Waals surface area contributed by atoms with Gasteiger partial charge in [-0.05, 0) is 25.0 Å². The van der Waals surface area contributed by atoms with Crippen LogP contribution in [0.3, 0.4) is 0 Å². The van der Waals surface area contributed by atoms with Crippen LogP contribution in [0.2, 0.25) is 0 Å². The third-order valence-electron chi connectivity index (χ3n) is 2.55. The van der Waals surface area contributed by atoms with Crippen molar-refractivity contribution in [3.63, 3.8) is 0 Å². The Morgan fingerprint density at radius 3 is 2.88 bits per heavy atom. The van der Waals surface area contributed by atoms with Crippen LogP contribution in [0.5, 0.6) is 0 Å². The lowest BCUT2D eigenvalue weighted by Gasteiger charge is -2.19. The second-order valence-electron chi connectivity index (χ2n) is 3.54. The molecule has 6 nitrogen and oxygen atoms in total. The van der Waals surface area contributed by atoms with E-state index in [0.29, 0.717) is 12.8 Å². The lowest BCUT2D eigenvalue weighted by molar-refractivity contribution is -0.140. The summed E-state index contributed by atoms with van der Waals surface area (Å²) in [7, 11) is -3.80. The van der Waals surface area contributed by atoms with Crippen LogP contribution in [0.15, 0.2) is 27.9 Å². The Bertz CT molecular complexity index is 478. The number of carboxylic acid groups (broad SMARTS) is 1. The molecule has 7 heteroatoms. The summed E-state index contributed by atoms with van der Waals surface area (Å²) in [5.41, 5.74) is 0. The first-order chi connectivity index (χ1) is 7.53. The predicted molar refractivity (Wildman–Crippen MR) is 53.3 cm³/mol. The molecule has 0 aromatic carbocycles. The quantitative estimate of drug-likeness (QED) is 0.838. The standard InChI is InChI=1S/C9H11NO5S/c11-9(12)7-3-1-5-10(7)16(13,14)8-4-2-6-15-8/h2,4,6-7H,1,3,5H2,(H,11,12). The Kier molecular flexibility index (Phi) is 2.73. The molecule has 1 aliphatic heterocycles. The number of hydrogen-bond acceptors (Lipinski definition) is 4. The minimum Gasteiger partial charge on any atom is -0.480 e. The maximum atomic E-state index is 12.0. The van der Waals surface area contributed by atoms with Crippen molar-refractivity contribution >= 4 is 16.0 Å². The molecular weight excluding hydrogens is 234 g/mol. The van der Waals surface area contributed by atoms with Crippen molar-refractivity contribution in [3.8, 4) is 0 Å². The van der Waals surface area contributed by atoms with Gasteiger partial charge in [0.15, 0.2) is 0 Å². The van der Waals surface area contributed by atoms with Gasteiger partial charge in [0, 0.05) is 6.54 Å². The van der Waals surface area contributed by atoms with Crippen LogP contribution < -0.4 is 0 Å². The van der Waals surface area contributed by atoms with Crippen LogP contribution in [0.25, 0.3) is 0 Å². The van der Waals surface area contributed by atoms with E-state index in [1.54, 1.807) is 0 Å². The van der Waals surface area contributed by atoms with Gasteiger partial charge in [0.2, 0.25) is 5.09 Å². The highest BCUT2D eigenvalue weighted by atomic mass is 32.2. The number of carbonyl (C=O) groups is 1. The van der Waals surface area contributed by atoms with Crippen LogP contribution in [-0.4, -0.2) is 36.4 Å². The second kappa shape index (κ2) is 3.91. The van der Waals surface area contributed by atoms with E-state index in [0.717, 1.165) is 4.31 Å². The van der Waals surface area contributed by atoms with E-state index in [1.165, 1.54) is 18.4 Å². The van der Waals surface area contributed by atoms with Gasteiger partial charge < -0.3 is 9.52 Å². The first-order valence-corrected chi connectivity index (χ1v) is 6.25. The van der Waals surface area contributed by atoms with Crippen LogP contribution in [0.4, 0.5) is 0 Å². The SMILES string of the molecule is O=C(O)C1CCCN1S(=O)(=O)c1ccco1. The number of aliphatic carboxylic acids is 1. The fraction of sp³-hybridized carbons (Fsp3) is 0.444. The van der Waals surface area contributed by atoms with Gasteiger partial charge in [0.1, 0.15) is 6.04 Å². The monoisotopic (exact) mass is 245 g/mol. The molecule has 0 aliphatic carbocycles. The first kappa shape index (κ1) is 11.2. The molecule has 1 saturated heterocycles. The molecule has 1 fully saturated rings. The summed E-state index contributed by atoms with van der Waals surface area (Å²) < 4.78 is 29.8. The number of sulfonamides is 1. The molecule has 0 amide bonds. The van der Waals surface area contributed by atoms with Gasteiger partial charge in [-0.1, -0.05) is 0 Å². The molecule has 1 N–H and O–H groups in total. The molecule has 0 radical (unpaired) electrons. The van der Waals surface area contributed by atoms with Crippen molar-refractivity contribution in [1.82, 2.24) is 4.31 Å². The van der Waals surface area contributed by atoms with Crippen molar-refractivity contribution in [2.24, 2.45) is 0 Å². The number of hydrogen-bond donors (Lipinski definition) is 1. The van der Waals surface area contributed by atoms with Crippen LogP contribution in [0, 0.1) is 0 Å². The minimum absolute atomic E-state index is 0.208. The lowest BCUT2D eigenvalue weighted by Crippen LogP contribution is -2.40. The van der Waals surface area contributed by atoms with E-state index in [9.17, 15) is 13.2 Å². The van der Waals surface area contributed by atoms with E-state index < -0.39 is 22.0 Å². The number of rotatable bonds is 3. The van der Waals surface area contributed by atoms with Crippen molar-refractivity contribution in [2.45, 2.75) is 24.0 Å². The second-order valence-corrected chi connectivity index (χ2v) is 5.37. The molecule has 1 atom stereocenters. The third-order valence-corrected chi connectivity index (χ3v) is 4.34. The van der Waals surface area contributed by atoms with Crippen molar-refractivity contribution in [1.29, 1.82) is 0 Å². The summed E-state index contributed by atoms with van der Waals surface area (Å²) >= 11 is 0. The molecule has 16 heavy (non-hydrogen) atoms. The highest BCUT2D eigenvalue weighted by molar-refractivity contribution is 7.89. The Morgan fingerprint density at radius 1 is 1.56 bits per heavy atom. The van der Waals surface area contributed by atoms with Crippen molar-refractivity contribution in [2.75, 3.05) is 6.54 Å². The number of furan rings is 1. The summed E-state index contributed by atoms with van der Waals surface area (Å²) in [5, 5.41) is 8.70. The van der Waals surface area contributed by atoms with E-state index in [4.69, 9.17) is 9.52 Å². The number of carboxylic acids is 1. The number of nitrogens with zero attached hydrogens (tertiary/aromatic N) is 1. The van der Waals surface area contributed by atoms with Crippen molar-refractivity contribution in [3.05, 3.63) is 18.4 Å². The Balaban J connectivity index is 2.34. The zero-order chi connectivity index (χ0) is 11.8. The molecule has 1 unspecified atom stereocenters. The summed E-state index contributed by atoms with van der Waals surface area (Å²) in [6, 6.07) is 1.79. The predicted octanol–water partition coefficient (Wildman–Crippen LogP) is 0.517. The first-order valence-electron chi connectivity index (χ1n) is 4.81. The molecule has 1 aliphatic rings. The maximum Gasteiger partial charge on any atom is 0.322 e. The molecule has 88 valence electrons. The third kappa shape index (κ3) is 1.72. The molecule has 1 aromatic rings. The van der Waals surface area contributed by atoms with Crippen LogP contribution in [0.1, 0.15) is 12.8 Å². The Morgan fingerprint density at radius 2 is 2.31 bits per heavy atom. The average molecular weight is 245 g/mol. The summed E-state index contributed by atoms with van der Waals surface area (Å²) in [6.07, 6.45) is 2.14. The lowest BCUT2D eigenvalue weighted by atomic mass is 10.2. The molecule has 1 aromatic heterocycles. The van der Waals surface area contributed by atoms with E-state index >= 15 is 0 Å². The van der Waals surface area contributed by atoms with E-state index in [2.05, 4.69) is 0 Å².